The van der Waals surface area contributed by atoms with Gasteiger partial charge in [0.05, 0.1) is 0 Å². The Kier molecular flexibility index (Phi) is 7.24. The van der Waals surface area contributed by atoms with Crippen molar-refractivity contribution >= 4 is 15.9 Å². The molecule has 0 nitrogen and oxygen atoms in total. The Labute approximate surface area is 108 Å². The van der Waals surface area contributed by atoms with Crippen LogP contribution in [0.3, 0.4) is 0 Å². The largest absolute Gasteiger partial charge is 0.0917 e. The first-order valence-corrected chi connectivity index (χ1v) is 6.95. The van der Waals surface area contributed by atoms with Gasteiger partial charge in [-0.25, -0.2) is 0 Å². The Hall–Kier alpha value is -0.560. The van der Waals surface area contributed by atoms with Gasteiger partial charge < -0.3 is 0 Å². The smallest absolute Gasteiger partial charge is 0.0172 e. The lowest BCUT2D eigenvalue weighted by atomic mass is 9.92. The topological polar surface area (TPSA) is 0 Å². The van der Waals surface area contributed by atoms with Crippen LogP contribution in [0.2, 0.25) is 0 Å². The summed E-state index contributed by atoms with van der Waals surface area (Å²) in [6, 6.07) is 0. The van der Waals surface area contributed by atoms with E-state index in [0.717, 1.165) is 6.42 Å². The van der Waals surface area contributed by atoms with Crippen molar-refractivity contribution < 1.29 is 0 Å². The first-order chi connectivity index (χ1) is 7.83. The summed E-state index contributed by atoms with van der Waals surface area (Å²) in [5.41, 5.74) is 1.58. The van der Waals surface area contributed by atoms with Crippen LogP contribution in [-0.2, 0) is 0 Å². The zero-order valence-electron chi connectivity index (χ0n) is 10.1. The Balaban J connectivity index is 2.16. The minimum absolute atomic E-state index is 1.16. The normalized spacial score (nSPS) is 17.1. The summed E-state index contributed by atoms with van der Waals surface area (Å²) < 4.78 is 1.18. The minimum atomic E-state index is 1.16. The van der Waals surface area contributed by atoms with Gasteiger partial charge in [0, 0.05) is 4.48 Å². The van der Waals surface area contributed by atoms with Gasteiger partial charge in [0.2, 0.25) is 0 Å². The van der Waals surface area contributed by atoms with E-state index < -0.39 is 0 Å². The molecule has 0 aliphatic heterocycles. The molecule has 1 fully saturated rings. The monoisotopic (exact) mass is 280 g/mol. The van der Waals surface area contributed by atoms with Crippen LogP contribution >= 0.6 is 15.9 Å². The van der Waals surface area contributed by atoms with Gasteiger partial charge in [-0.1, -0.05) is 51.9 Å². The van der Waals surface area contributed by atoms with Crippen LogP contribution in [0.25, 0.3) is 0 Å². The first kappa shape index (κ1) is 13.5. The highest BCUT2D eigenvalue weighted by atomic mass is 79.9. The van der Waals surface area contributed by atoms with E-state index in [0.29, 0.717) is 0 Å². The lowest BCUT2D eigenvalue weighted by Crippen LogP contribution is -1.94. The van der Waals surface area contributed by atoms with E-state index in [2.05, 4.69) is 59.3 Å². The van der Waals surface area contributed by atoms with Crippen LogP contribution < -0.4 is 0 Å². The molecule has 0 bridgehead atoms. The number of allylic oxidation sites excluding steroid dienone is 8. The highest BCUT2D eigenvalue weighted by Gasteiger charge is 2.05. The second-order valence-electron chi connectivity index (χ2n) is 4.13. The Morgan fingerprint density at radius 2 is 2.00 bits per heavy atom. The maximum Gasteiger partial charge on any atom is 0.0172 e. The van der Waals surface area contributed by atoms with Crippen LogP contribution in [0.1, 0.15) is 45.4 Å². The highest BCUT2D eigenvalue weighted by molar-refractivity contribution is 9.11. The lowest BCUT2D eigenvalue weighted by molar-refractivity contribution is 0.663. The summed E-state index contributed by atoms with van der Waals surface area (Å²) in [4.78, 5) is 0. The molecule has 0 unspecified atom stereocenters. The van der Waals surface area contributed by atoms with E-state index >= 15 is 0 Å². The van der Waals surface area contributed by atoms with Gasteiger partial charge in [0.15, 0.2) is 0 Å². The average Bonchev–Trinajstić information content (AvgIpc) is 2.21. The lowest BCUT2D eigenvalue weighted by Gasteiger charge is -2.14. The number of hydrogen-bond donors (Lipinski definition) is 0. The van der Waals surface area contributed by atoms with E-state index in [1.807, 2.05) is 0 Å². The summed E-state index contributed by atoms with van der Waals surface area (Å²) in [6.07, 6.45) is 20.7. The van der Waals surface area contributed by atoms with Gasteiger partial charge in [-0.15, -0.1) is 0 Å². The maximum absolute atomic E-state index is 3.56. The fraction of sp³-hybridized carbons (Fsp3) is 0.467. The van der Waals surface area contributed by atoms with Crippen molar-refractivity contribution in [3.05, 3.63) is 46.5 Å². The van der Waals surface area contributed by atoms with Crippen molar-refractivity contribution in [2.24, 2.45) is 0 Å². The molecule has 0 saturated heterocycles. The van der Waals surface area contributed by atoms with Gasteiger partial charge in [0.25, 0.3) is 0 Å². The van der Waals surface area contributed by atoms with E-state index in [9.17, 15) is 0 Å². The molecular formula is C15H21Br. The predicted molar refractivity (Wildman–Crippen MR) is 76.7 cm³/mol. The second kappa shape index (κ2) is 8.58. The molecular weight excluding hydrogens is 260 g/mol. The molecule has 1 aliphatic carbocycles. The number of hydrogen-bond acceptors (Lipinski definition) is 0. The standard InChI is InChI=1S/C15H21Br/c1-2-3-4-5-6-7-11-15(16)13-12-14-9-8-10-14/h2-3,7,11-13H,4-6,8-10H2,1H3/b3-2+,11-7+,15-13+. The van der Waals surface area contributed by atoms with E-state index in [1.165, 1.54) is 36.6 Å². The van der Waals surface area contributed by atoms with Crippen molar-refractivity contribution in [2.45, 2.75) is 45.4 Å². The maximum atomic E-state index is 3.56. The summed E-state index contributed by atoms with van der Waals surface area (Å²) >= 11 is 3.56. The molecule has 0 amide bonds. The Morgan fingerprint density at radius 3 is 2.62 bits per heavy atom. The summed E-state index contributed by atoms with van der Waals surface area (Å²) in [5.74, 6) is 0. The minimum Gasteiger partial charge on any atom is -0.0917 e. The van der Waals surface area contributed by atoms with Crippen LogP contribution in [-0.4, -0.2) is 0 Å². The van der Waals surface area contributed by atoms with Crippen molar-refractivity contribution in [2.75, 3.05) is 0 Å². The Morgan fingerprint density at radius 1 is 1.25 bits per heavy atom. The molecule has 0 N–H and O–H groups in total. The first-order valence-electron chi connectivity index (χ1n) is 6.16. The molecule has 1 aliphatic rings. The number of halogens is 1. The SMILES string of the molecule is C/C=C/CCC/C=C/C(Br)=C\C=C1CCC1. The third kappa shape index (κ3) is 6.12. The van der Waals surface area contributed by atoms with E-state index in [1.54, 1.807) is 5.57 Å². The average molecular weight is 281 g/mol. The molecule has 0 aromatic carbocycles. The van der Waals surface area contributed by atoms with Crippen LogP contribution in [0.4, 0.5) is 0 Å². The van der Waals surface area contributed by atoms with Gasteiger partial charge in [-0.2, -0.15) is 0 Å². The second-order valence-corrected chi connectivity index (χ2v) is 5.05. The van der Waals surface area contributed by atoms with E-state index in [4.69, 9.17) is 0 Å². The van der Waals surface area contributed by atoms with Crippen LogP contribution in [0.15, 0.2) is 46.5 Å². The molecule has 0 radical (unpaired) electrons. The molecule has 1 saturated carbocycles. The number of rotatable bonds is 6. The van der Waals surface area contributed by atoms with Gasteiger partial charge >= 0.3 is 0 Å². The summed E-state index contributed by atoms with van der Waals surface area (Å²) in [5, 5.41) is 0. The van der Waals surface area contributed by atoms with Gasteiger partial charge in [-0.3, -0.25) is 0 Å². The van der Waals surface area contributed by atoms with Crippen LogP contribution in [0, 0.1) is 0 Å². The molecule has 0 aromatic rings. The van der Waals surface area contributed by atoms with E-state index in [-0.39, 0.29) is 0 Å². The molecule has 1 rings (SSSR count). The fourth-order valence-corrected chi connectivity index (χ4v) is 1.84. The molecule has 0 spiro atoms. The molecule has 1 heteroatoms. The van der Waals surface area contributed by atoms with Crippen molar-refractivity contribution in [1.29, 1.82) is 0 Å². The van der Waals surface area contributed by atoms with Crippen molar-refractivity contribution in [3.8, 4) is 0 Å². The zero-order chi connectivity index (χ0) is 11.6. The Bertz CT molecular complexity index is 299. The summed E-state index contributed by atoms with van der Waals surface area (Å²) in [7, 11) is 0. The third-order valence-electron chi connectivity index (χ3n) is 2.73. The van der Waals surface area contributed by atoms with Crippen LogP contribution in [0.5, 0.6) is 0 Å². The van der Waals surface area contributed by atoms with Gasteiger partial charge in [0.1, 0.15) is 0 Å². The molecule has 16 heavy (non-hydrogen) atoms. The third-order valence-corrected chi connectivity index (χ3v) is 3.26. The van der Waals surface area contributed by atoms with Gasteiger partial charge in [-0.05, 0) is 51.5 Å². The predicted octanol–water partition coefficient (Wildman–Crippen LogP) is 5.68. The fourth-order valence-electron chi connectivity index (χ4n) is 1.52. The molecule has 0 heterocycles. The van der Waals surface area contributed by atoms with Crippen molar-refractivity contribution in [1.82, 2.24) is 0 Å². The molecule has 88 valence electrons. The van der Waals surface area contributed by atoms with Crippen molar-refractivity contribution in [3.63, 3.8) is 0 Å². The molecule has 0 atom stereocenters. The highest BCUT2D eigenvalue weighted by Crippen LogP contribution is 2.25. The number of unbranched alkanes of at least 4 members (excludes halogenated alkanes) is 2. The summed E-state index contributed by atoms with van der Waals surface area (Å²) in [6.45, 7) is 2.07. The quantitative estimate of drug-likeness (QED) is 0.334. The molecule has 0 aromatic heterocycles. The zero-order valence-corrected chi connectivity index (χ0v) is 11.7.